The molecule has 0 amide bonds. The molecule has 0 saturated carbocycles. The fourth-order valence-electron chi connectivity index (χ4n) is 1.26. The summed E-state index contributed by atoms with van der Waals surface area (Å²) >= 11 is 5.78. The van der Waals surface area contributed by atoms with Crippen molar-refractivity contribution in [3.05, 3.63) is 22.7 Å². The Bertz CT molecular complexity index is 335. The summed E-state index contributed by atoms with van der Waals surface area (Å²) in [5.41, 5.74) is 7.65. The zero-order valence-corrected chi connectivity index (χ0v) is 8.23. The Balaban J connectivity index is 0.000000845. The van der Waals surface area contributed by atoms with Crippen LogP contribution in [0.1, 0.15) is 5.56 Å². The maximum Gasteiger partial charge on any atom is 0.491 e. The van der Waals surface area contributed by atoms with E-state index in [0.29, 0.717) is 17.3 Å². The minimum atomic E-state index is -0.848. The van der Waals surface area contributed by atoms with Crippen LogP contribution in [0.4, 0.5) is 5.69 Å². The van der Waals surface area contributed by atoms with Crippen LogP contribution >= 0.6 is 24.0 Å². The van der Waals surface area contributed by atoms with Crippen LogP contribution in [-0.2, 0) is 11.3 Å². The maximum absolute atomic E-state index is 9.28. The van der Waals surface area contributed by atoms with Crippen molar-refractivity contribution in [2.75, 3.05) is 5.73 Å². The molecular formula is C7H8BCl2NO2. The van der Waals surface area contributed by atoms with Crippen molar-refractivity contribution >= 4 is 42.3 Å². The monoisotopic (exact) mass is 219 g/mol. The molecule has 2 rings (SSSR count). The van der Waals surface area contributed by atoms with Crippen molar-refractivity contribution in [3.8, 4) is 0 Å². The minimum absolute atomic E-state index is 0. The lowest BCUT2D eigenvalue weighted by molar-refractivity contribution is 0.275. The maximum atomic E-state index is 9.28. The molecule has 0 spiro atoms. The van der Waals surface area contributed by atoms with Gasteiger partial charge in [0.25, 0.3) is 0 Å². The predicted molar refractivity (Wildman–Crippen MR) is 55.5 cm³/mol. The van der Waals surface area contributed by atoms with E-state index in [1.807, 2.05) is 0 Å². The van der Waals surface area contributed by atoms with Crippen molar-refractivity contribution in [1.82, 2.24) is 0 Å². The minimum Gasteiger partial charge on any atom is -0.423 e. The molecule has 0 aliphatic carbocycles. The number of halogens is 2. The van der Waals surface area contributed by atoms with Crippen LogP contribution in [-0.4, -0.2) is 12.1 Å². The normalized spacial score (nSPS) is 13.8. The molecule has 3 N–H and O–H groups in total. The van der Waals surface area contributed by atoms with E-state index in [2.05, 4.69) is 0 Å². The van der Waals surface area contributed by atoms with E-state index < -0.39 is 7.12 Å². The third kappa shape index (κ3) is 1.76. The Morgan fingerprint density at radius 3 is 2.92 bits per heavy atom. The number of hydrogen-bond donors (Lipinski definition) is 2. The standard InChI is InChI=1S/C7H7BClNO2.ClH/c9-6-1-4-3-12-8(11)5(4)2-7(6)10;/h1-2,11H,3,10H2;1H. The lowest BCUT2D eigenvalue weighted by Crippen LogP contribution is -2.28. The average Bonchev–Trinajstić information content (AvgIpc) is 2.35. The molecule has 0 fully saturated rings. The van der Waals surface area contributed by atoms with Crippen molar-refractivity contribution in [2.24, 2.45) is 0 Å². The second-order valence-corrected chi connectivity index (χ2v) is 3.14. The number of nitrogens with two attached hydrogens (primary N) is 1. The Labute approximate surface area is 87.4 Å². The molecule has 1 aromatic rings. The van der Waals surface area contributed by atoms with Crippen molar-refractivity contribution in [2.45, 2.75) is 6.61 Å². The molecule has 0 saturated heterocycles. The van der Waals surface area contributed by atoms with E-state index in [1.54, 1.807) is 12.1 Å². The molecule has 0 radical (unpaired) electrons. The van der Waals surface area contributed by atoms with Crippen molar-refractivity contribution in [3.63, 3.8) is 0 Å². The van der Waals surface area contributed by atoms with E-state index >= 15 is 0 Å². The highest BCUT2D eigenvalue weighted by Gasteiger charge is 2.27. The molecule has 1 aromatic carbocycles. The molecule has 1 aliphatic heterocycles. The highest BCUT2D eigenvalue weighted by atomic mass is 35.5. The molecule has 13 heavy (non-hydrogen) atoms. The summed E-state index contributed by atoms with van der Waals surface area (Å²) in [6, 6.07) is 3.37. The zero-order valence-electron chi connectivity index (χ0n) is 6.66. The molecule has 1 heterocycles. The number of anilines is 1. The molecule has 0 aromatic heterocycles. The van der Waals surface area contributed by atoms with Gasteiger partial charge >= 0.3 is 7.12 Å². The lowest BCUT2D eigenvalue weighted by Gasteiger charge is -2.01. The zero-order chi connectivity index (χ0) is 8.72. The molecule has 0 unspecified atom stereocenters. The van der Waals surface area contributed by atoms with E-state index in [0.717, 1.165) is 11.0 Å². The van der Waals surface area contributed by atoms with Gasteiger partial charge in [-0.3, -0.25) is 0 Å². The largest absolute Gasteiger partial charge is 0.491 e. The molecule has 6 heteroatoms. The fraction of sp³-hybridized carbons (Fsp3) is 0.143. The van der Waals surface area contributed by atoms with E-state index in [-0.39, 0.29) is 12.4 Å². The van der Waals surface area contributed by atoms with Crippen LogP contribution < -0.4 is 11.2 Å². The number of rotatable bonds is 0. The van der Waals surface area contributed by atoms with Gasteiger partial charge in [0, 0.05) is 5.69 Å². The lowest BCUT2D eigenvalue weighted by atomic mass is 9.79. The highest BCUT2D eigenvalue weighted by molar-refractivity contribution is 6.61. The molecular weight excluding hydrogens is 212 g/mol. The third-order valence-corrected chi connectivity index (χ3v) is 2.25. The Kier molecular flexibility index (Phi) is 3.08. The molecule has 1 aliphatic rings. The Hall–Kier alpha value is -0.415. The Morgan fingerprint density at radius 2 is 2.23 bits per heavy atom. The summed E-state index contributed by atoms with van der Waals surface area (Å²) in [5.74, 6) is 0. The summed E-state index contributed by atoms with van der Waals surface area (Å²) in [7, 11) is -0.848. The van der Waals surface area contributed by atoms with Crippen LogP contribution in [0.25, 0.3) is 0 Å². The number of hydrogen-bond acceptors (Lipinski definition) is 3. The van der Waals surface area contributed by atoms with Crippen molar-refractivity contribution < 1.29 is 9.68 Å². The summed E-state index contributed by atoms with van der Waals surface area (Å²) < 4.78 is 4.97. The third-order valence-electron chi connectivity index (χ3n) is 1.92. The average molecular weight is 220 g/mol. The smallest absolute Gasteiger partial charge is 0.423 e. The first-order valence-electron chi connectivity index (χ1n) is 3.56. The highest BCUT2D eigenvalue weighted by Crippen LogP contribution is 2.21. The van der Waals surface area contributed by atoms with Gasteiger partial charge in [-0.2, -0.15) is 0 Å². The first-order chi connectivity index (χ1) is 5.68. The first-order valence-corrected chi connectivity index (χ1v) is 3.94. The summed E-state index contributed by atoms with van der Waals surface area (Å²) in [6.45, 7) is 0.399. The van der Waals surface area contributed by atoms with E-state index in [9.17, 15) is 5.02 Å². The predicted octanol–water partition coefficient (Wildman–Crippen LogP) is 0.562. The van der Waals surface area contributed by atoms with Crippen LogP contribution in [0, 0.1) is 0 Å². The summed E-state index contributed by atoms with van der Waals surface area (Å²) in [6.07, 6.45) is 0. The Morgan fingerprint density at radius 1 is 1.54 bits per heavy atom. The molecule has 3 nitrogen and oxygen atoms in total. The SMILES string of the molecule is Cl.Nc1cc2c(cc1Cl)COB2O. The van der Waals surface area contributed by atoms with E-state index in [4.69, 9.17) is 22.0 Å². The van der Waals surface area contributed by atoms with Gasteiger partial charge in [-0.15, -0.1) is 12.4 Å². The van der Waals surface area contributed by atoms with Gasteiger partial charge in [-0.25, -0.2) is 0 Å². The molecule has 0 atom stereocenters. The van der Waals surface area contributed by atoms with Crippen molar-refractivity contribution in [1.29, 1.82) is 0 Å². The number of benzene rings is 1. The van der Waals surface area contributed by atoms with Gasteiger partial charge in [-0.1, -0.05) is 11.6 Å². The quantitative estimate of drug-likeness (QED) is 0.496. The van der Waals surface area contributed by atoms with Crippen LogP contribution in [0.2, 0.25) is 5.02 Å². The second kappa shape index (κ2) is 3.76. The van der Waals surface area contributed by atoms with Gasteiger partial charge in [0.15, 0.2) is 0 Å². The second-order valence-electron chi connectivity index (χ2n) is 2.74. The topological polar surface area (TPSA) is 55.5 Å². The van der Waals surface area contributed by atoms with Gasteiger partial charge in [-0.05, 0) is 23.2 Å². The fourth-order valence-corrected chi connectivity index (χ4v) is 1.45. The number of fused-ring (bicyclic) bond motifs is 1. The molecule has 70 valence electrons. The van der Waals surface area contributed by atoms with Gasteiger partial charge in [0.1, 0.15) is 0 Å². The number of nitrogen functional groups attached to an aromatic ring is 1. The van der Waals surface area contributed by atoms with E-state index in [1.165, 1.54) is 0 Å². The summed E-state index contributed by atoms with van der Waals surface area (Å²) in [5, 5.41) is 9.78. The van der Waals surface area contributed by atoms with Crippen LogP contribution in [0.3, 0.4) is 0 Å². The molecule has 0 bridgehead atoms. The first kappa shape index (κ1) is 10.7. The van der Waals surface area contributed by atoms with Crippen LogP contribution in [0.15, 0.2) is 12.1 Å². The summed E-state index contributed by atoms with van der Waals surface area (Å²) in [4.78, 5) is 0. The van der Waals surface area contributed by atoms with Crippen LogP contribution in [0.5, 0.6) is 0 Å². The van der Waals surface area contributed by atoms with Gasteiger partial charge in [0.2, 0.25) is 0 Å². The van der Waals surface area contributed by atoms with Gasteiger partial charge in [0.05, 0.1) is 11.6 Å². The van der Waals surface area contributed by atoms with Gasteiger partial charge < -0.3 is 15.4 Å².